The van der Waals surface area contributed by atoms with Gasteiger partial charge >= 0.3 is 0 Å². The largest absolute Gasteiger partial charge is 0.352 e. The summed E-state index contributed by atoms with van der Waals surface area (Å²) in [6.07, 6.45) is 3.56. The number of rotatable bonds is 5. The Morgan fingerprint density at radius 2 is 1.92 bits per heavy atom. The van der Waals surface area contributed by atoms with Crippen LogP contribution < -0.4 is 10.6 Å². The van der Waals surface area contributed by atoms with Crippen LogP contribution in [0.5, 0.6) is 0 Å². The Morgan fingerprint density at radius 3 is 2.62 bits per heavy atom. The molecule has 3 amide bonds. The molecule has 2 N–H and O–H groups in total. The highest BCUT2D eigenvalue weighted by molar-refractivity contribution is 5.98. The summed E-state index contributed by atoms with van der Waals surface area (Å²) in [7, 11) is 0. The highest BCUT2D eigenvalue weighted by Crippen LogP contribution is 2.22. The van der Waals surface area contributed by atoms with Crippen LogP contribution in [0.25, 0.3) is 0 Å². The first kappa shape index (κ1) is 16.5. The fourth-order valence-corrected chi connectivity index (χ4v) is 3.04. The predicted molar refractivity (Wildman–Crippen MR) is 89.4 cm³/mol. The number of carbonyl (C=O) groups is 3. The van der Waals surface area contributed by atoms with E-state index in [0.717, 1.165) is 24.8 Å². The van der Waals surface area contributed by atoms with Crippen LogP contribution in [0.2, 0.25) is 0 Å². The zero-order valence-electron chi connectivity index (χ0n) is 13.9. The Morgan fingerprint density at radius 1 is 1.17 bits per heavy atom. The van der Waals surface area contributed by atoms with Gasteiger partial charge in [-0.25, -0.2) is 0 Å². The number of hydrogen-bond acceptors (Lipinski definition) is 3. The summed E-state index contributed by atoms with van der Waals surface area (Å²) in [5, 5.41) is 5.63. The van der Waals surface area contributed by atoms with Gasteiger partial charge in [0.25, 0.3) is 5.91 Å². The molecule has 1 aromatic carbocycles. The molecule has 3 rings (SSSR count). The standard InChI is InChI=1S/C18H23N3O3/c1-12-5-2-3-6-14(12)17(23)19-11-16(22)21-10-4-7-15(21)18(24)20-13-8-9-13/h2-3,5-6,13,15H,4,7-11H2,1H3,(H,19,23)(H,20,24). The van der Waals surface area contributed by atoms with E-state index in [2.05, 4.69) is 10.6 Å². The van der Waals surface area contributed by atoms with E-state index in [1.807, 2.05) is 19.1 Å². The van der Waals surface area contributed by atoms with Crippen molar-refractivity contribution in [2.45, 2.75) is 44.7 Å². The van der Waals surface area contributed by atoms with E-state index < -0.39 is 6.04 Å². The third kappa shape index (κ3) is 3.75. The van der Waals surface area contributed by atoms with Gasteiger partial charge in [-0.1, -0.05) is 18.2 Å². The number of aryl methyl sites for hydroxylation is 1. The average molecular weight is 329 g/mol. The van der Waals surface area contributed by atoms with Crippen molar-refractivity contribution in [2.75, 3.05) is 13.1 Å². The summed E-state index contributed by atoms with van der Waals surface area (Å²) in [5.74, 6) is -0.529. The minimum Gasteiger partial charge on any atom is -0.352 e. The van der Waals surface area contributed by atoms with Crippen LogP contribution in [-0.4, -0.2) is 47.8 Å². The second-order valence-electron chi connectivity index (χ2n) is 6.53. The molecule has 1 atom stereocenters. The zero-order valence-corrected chi connectivity index (χ0v) is 13.9. The van der Waals surface area contributed by atoms with Crippen molar-refractivity contribution in [3.63, 3.8) is 0 Å². The lowest BCUT2D eigenvalue weighted by molar-refractivity contribution is -0.137. The van der Waals surface area contributed by atoms with Crippen LogP contribution in [-0.2, 0) is 9.59 Å². The lowest BCUT2D eigenvalue weighted by Gasteiger charge is -2.24. The topological polar surface area (TPSA) is 78.5 Å². The molecule has 1 aliphatic carbocycles. The molecule has 2 fully saturated rings. The van der Waals surface area contributed by atoms with Gasteiger partial charge in [-0.2, -0.15) is 0 Å². The Hall–Kier alpha value is -2.37. The minimum atomic E-state index is -0.395. The number of hydrogen-bond donors (Lipinski definition) is 2. The summed E-state index contributed by atoms with van der Waals surface area (Å²) >= 11 is 0. The number of likely N-dealkylation sites (tertiary alicyclic amines) is 1. The Balaban J connectivity index is 1.55. The number of nitrogens with one attached hydrogen (secondary N) is 2. The van der Waals surface area contributed by atoms with Gasteiger partial charge in [0.15, 0.2) is 0 Å². The first-order valence-corrected chi connectivity index (χ1v) is 8.50. The first-order valence-electron chi connectivity index (χ1n) is 8.50. The second kappa shape index (κ2) is 7.03. The molecule has 1 aliphatic heterocycles. The molecule has 1 saturated heterocycles. The van der Waals surface area contributed by atoms with Crippen LogP contribution in [0.1, 0.15) is 41.6 Å². The van der Waals surface area contributed by atoms with Gasteiger partial charge in [-0.3, -0.25) is 14.4 Å². The molecule has 0 aromatic heterocycles. The molecule has 24 heavy (non-hydrogen) atoms. The van der Waals surface area contributed by atoms with Crippen LogP contribution in [0.4, 0.5) is 0 Å². The SMILES string of the molecule is Cc1ccccc1C(=O)NCC(=O)N1CCCC1C(=O)NC1CC1. The molecular weight excluding hydrogens is 306 g/mol. The smallest absolute Gasteiger partial charge is 0.251 e. The molecule has 2 aliphatic rings. The molecular formula is C18H23N3O3. The van der Waals surface area contributed by atoms with E-state index in [-0.39, 0.29) is 30.3 Å². The number of amides is 3. The number of carbonyl (C=O) groups excluding carboxylic acids is 3. The normalized spacial score (nSPS) is 19.9. The molecule has 0 radical (unpaired) electrons. The first-order chi connectivity index (χ1) is 11.6. The maximum absolute atomic E-state index is 12.4. The Kier molecular flexibility index (Phi) is 4.83. The monoisotopic (exact) mass is 329 g/mol. The van der Waals surface area contributed by atoms with Crippen LogP contribution >= 0.6 is 0 Å². The van der Waals surface area contributed by atoms with E-state index >= 15 is 0 Å². The fourth-order valence-electron chi connectivity index (χ4n) is 3.04. The van der Waals surface area contributed by atoms with Crippen molar-refractivity contribution in [1.82, 2.24) is 15.5 Å². The summed E-state index contributed by atoms with van der Waals surface area (Å²) in [4.78, 5) is 38.4. The molecule has 0 bridgehead atoms. The van der Waals surface area contributed by atoms with Crippen molar-refractivity contribution < 1.29 is 14.4 Å². The maximum Gasteiger partial charge on any atom is 0.251 e. The lowest BCUT2D eigenvalue weighted by atomic mass is 10.1. The zero-order chi connectivity index (χ0) is 17.1. The van der Waals surface area contributed by atoms with Crippen molar-refractivity contribution in [3.05, 3.63) is 35.4 Å². The quantitative estimate of drug-likeness (QED) is 0.846. The van der Waals surface area contributed by atoms with E-state index in [9.17, 15) is 14.4 Å². The van der Waals surface area contributed by atoms with Crippen molar-refractivity contribution in [2.24, 2.45) is 0 Å². The summed E-state index contributed by atoms with van der Waals surface area (Å²) in [6, 6.07) is 7.14. The molecule has 6 heteroatoms. The third-order valence-corrected chi connectivity index (χ3v) is 4.59. The molecule has 6 nitrogen and oxygen atoms in total. The molecule has 0 spiro atoms. The molecule has 1 aromatic rings. The lowest BCUT2D eigenvalue weighted by Crippen LogP contribution is -2.49. The van der Waals surface area contributed by atoms with Gasteiger partial charge in [0.05, 0.1) is 6.54 Å². The highest BCUT2D eigenvalue weighted by Gasteiger charge is 2.36. The van der Waals surface area contributed by atoms with Crippen molar-refractivity contribution >= 4 is 17.7 Å². The van der Waals surface area contributed by atoms with Gasteiger partial charge in [0, 0.05) is 18.2 Å². The van der Waals surface area contributed by atoms with Crippen molar-refractivity contribution in [3.8, 4) is 0 Å². The second-order valence-corrected chi connectivity index (χ2v) is 6.53. The Bertz CT molecular complexity index is 655. The highest BCUT2D eigenvalue weighted by atomic mass is 16.2. The summed E-state index contributed by atoms with van der Waals surface area (Å²) in [5.41, 5.74) is 1.43. The summed E-state index contributed by atoms with van der Waals surface area (Å²) < 4.78 is 0. The Labute approximate surface area is 141 Å². The van der Waals surface area contributed by atoms with Gasteiger partial charge in [0.2, 0.25) is 11.8 Å². The minimum absolute atomic E-state index is 0.0615. The third-order valence-electron chi connectivity index (χ3n) is 4.59. The van der Waals surface area contributed by atoms with E-state index in [0.29, 0.717) is 18.5 Å². The van der Waals surface area contributed by atoms with Gasteiger partial charge < -0.3 is 15.5 Å². The number of benzene rings is 1. The summed E-state index contributed by atoms with van der Waals surface area (Å²) in [6.45, 7) is 2.34. The molecule has 128 valence electrons. The number of nitrogens with zero attached hydrogens (tertiary/aromatic N) is 1. The van der Waals surface area contributed by atoms with E-state index in [1.165, 1.54) is 0 Å². The maximum atomic E-state index is 12.4. The van der Waals surface area contributed by atoms with Crippen LogP contribution in [0.3, 0.4) is 0 Å². The van der Waals surface area contributed by atoms with Gasteiger partial charge in [-0.15, -0.1) is 0 Å². The predicted octanol–water partition coefficient (Wildman–Crippen LogP) is 0.994. The van der Waals surface area contributed by atoms with Crippen LogP contribution in [0, 0.1) is 6.92 Å². The van der Waals surface area contributed by atoms with Gasteiger partial charge in [0.1, 0.15) is 6.04 Å². The molecule has 1 heterocycles. The van der Waals surface area contributed by atoms with E-state index in [4.69, 9.17) is 0 Å². The van der Waals surface area contributed by atoms with Crippen molar-refractivity contribution in [1.29, 1.82) is 0 Å². The van der Waals surface area contributed by atoms with Gasteiger partial charge in [-0.05, 0) is 44.2 Å². The van der Waals surface area contributed by atoms with E-state index in [1.54, 1.807) is 17.0 Å². The fraction of sp³-hybridized carbons (Fsp3) is 0.500. The molecule has 1 saturated carbocycles. The molecule has 1 unspecified atom stereocenters. The average Bonchev–Trinajstić information content (AvgIpc) is 3.24. The van der Waals surface area contributed by atoms with Crippen LogP contribution in [0.15, 0.2) is 24.3 Å².